The number of aromatic nitrogens is 1. The molecule has 158 valence electrons. The molecule has 8 heteroatoms. The minimum absolute atomic E-state index is 0.226. The Hall–Kier alpha value is -3.13. The monoisotopic (exact) mass is 413 g/mol. The highest BCUT2D eigenvalue weighted by atomic mass is 19.1. The van der Waals surface area contributed by atoms with Crippen molar-refractivity contribution in [3.05, 3.63) is 59.8 Å². The maximum atomic E-state index is 14.6. The number of halogens is 1. The van der Waals surface area contributed by atoms with Gasteiger partial charge in [0.1, 0.15) is 11.5 Å². The molecule has 0 aliphatic carbocycles. The lowest BCUT2D eigenvalue weighted by molar-refractivity contribution is 0.0710. The van der Waals surface area contributed by atoms with Gasteiger partial charge in [0.25, 0.3) is 5.91 Å². The summed E-state index contributed by atoms with van der Waals surface area (Å²) in [5.41, 5.74) is 1.43. The number of ether oxygens (including phenoxy) is 1. The van der Waals surface area contributed by atoms with E-state index in [2.05, 4.69) is 5.16 Å². The van der Waals surface area contributed by atoms with Gasteiger partial charge in [-0.15, -0.1) is 0 Å². The smallest absolute Gasteiger partial charge is 0.289 e. The van der Waals surface area contributed by atoms with Gasteiger partial charge in [-0.1, -0.05) is 24.2 Å². The number of furan rings is 1. The number of benzene rings is 1. The van der Waals surface area contributed by atoms with E-state index in [1.54, 1.807) is 35.2 Å². The Morgan fingerprint density at radius 1 is 1.20 bits per heavy atom. The maximum absolute atomic E-state index is 14.6. The van der Waals surface area contributed by atoms with E-state index >= 15 is 0 Å². The van der Waals surface area contributed by atoms with Gasteiger partial charge in [-0.2, -0.15) is 0 Å². The minimum Gasteiger partial charge on any atom is -0.459 e. The molecular formula is C22H24FN3O4. The minimum atomic E-state index is -0.389. The summed E-state index contributed by atoms with van der Waals surface area (Å²) < 4.78 is 31.0. The SMILES string of the molecule is CCCN(Cc1c(-c2ccccc2F)noc1N1CCOCC1)C(=O)c1ccco1. The van der Waals surface area contributed by atoms with Crippen LogP contribution in [-0.4, -0.2) is 48.8 Å². The third-order valence-electron chi connectivity index (χ3n) is 5.06. The molecule has 3 heterocycles. The van der Waals surface area contributed by atoms with Crippen LogP contribution in [0.15, 0.2) is 51.6 Å². The lowest BCUT2D eigenvalue weighted by Crippen LogP contribution is -2.37. The van der Waals surface area contributed by atoms with Crippen molar-refractivity contribution < 1.29 is 22.9 Å². The Labute approximate surface area is 174 Å². The summed E-state index contributed by atoms with van der Waals surface area (Å²) in [6, 6.07) is 9.76. The molecule has 7 nitrogen and oxygen atoms in total. The Morgan fingerprint density at radius 2 is 2.00 bits per heavy atom. The number of carbonyl (C=O) groups is 1. The predicted molar refractivity (Wildman–Crippen MR) is 109 cm³/mol. The molecule has 4 rings (SSSR count). The highest BCUT2D eigenvalue weighted by molar-refractivity contribution is 5.91. The third-order valence-corrected chi connectivity index (χ3v) is 5.06. The molecule has 1 aliphatic heterocycles. The fourth-order valence-electron chi connectivity index (χ4n) is 3.59. The first-order valence-electron chi connectivity index (χ1n) is 10.1. The quantitative estimate of drug-likeness (QED) is 0.584. The molecule has 1 aromatic carbocycles. The van der Waals surface area contributed by atoms with Gasteiger partial charge in [0.2, 0.25) is 5.88 Å². The van der Waals surface area contributed by atoms with Crippen LogP contribution in [0.1, 0.15) is 29.5 Å². The molecule has 1 amide bonds. The molecule has 0 N–H and O–H groups in total. The summed E-state index contributed by atoms with van der Waals surface area (Å²) in [4.78, 5) is 16.7. The van der Waals surface area contributed by atoms with E-state index in [0.29, 0.717) is 55.6 Å². The van der Waals surface area contributed by atoms with Gasteiger partial charge in [0.15, 0.2) is 5.76 Å². The van der Waals surface area contributed by atoms with Crippen LogP contribution in [-0.2, 0) is 11.3 Å². The predicted octanol–water partition coefficient (Wildman–Crippen LogP) is 3.96. The number of nitrogens with zero attached hydrogens (tertiary/aromatic N) is 3. The van der Waals surface area contributed by atoms with E-state index in [-0.39, 0.29) is 24.0 Å². The van der Waals surface area contributed by atoms with Crippen LogP contribution in [0.3, 0.4) is 0 Å². The Bertz CT molecular complexity index is 980. The van der Waals surface area contributed by atoms with Crippen LogP contribution in [0.4, 0.5) is 10.3 Å². The summed E-state index contributed by atoms with van der Waals surface area (Å²) in [7, 11) is 0. The summed E-state index contributed by atoms with van der Waals surface area (Å²) in [5.74, 6) is 0.195. The van der Waals surface area contributed by atoms with Crippen molar-refractivity contribution in [1.29, 1.82) is 0 Å². The van der Waals surface area contributed by atoms with Gasteiger partial charge in [0, 0.05) is 25.2 Å². The molecule has 3 aromatic rings. The first-order chi connectivity index (χ1) is 14.7. The van der Waals surface area contributed by atoms with E-state index in [1.165, 1.54) is 12.3 Å². The third kappa shape index (κ3) is 4.09. The van der Waals surface area contributed by atoms with Crippen LogP contribution < -0.4 is 4.90 Å². The van der Waals surface area contributed by atoms with Crippen LogP contribution in [0, 0.1) is 5.82 Å². The highest BCUT2D eigenvalue weighted by Gasteiger charge is 2.28. The standard InChI is InChI=1S/C22H24FN3O4/c1-2-9-26(21(27)19-8-5-12-29-19)15-17-20(16-6-3-4-7-18(16)23)24-30-22(17)25-10-13-28-14-11-25/h3-8,12H,2,9-11,13-15H2,1H3. The van der Waals surface area contributed by atoms with Gasteiger partial charge in [0.05, 0.1) is 31.6 Å². The van der Waals surface area contributed by atoms with Crippen molar-refractivity contribution in [2.75, 3.05) is 37.7 Å². The van der Waals surface area contributed by atoms with E-state index in [4.69, 9.17) is 13.7 Å². The van der Waals surface area contributed by atoms with Crippen molar-refractivity contribution in [2.24, 2.45) is 0 Å². The second-order valence-electron chi connectivity index (χ2n) is 7.10. The second kappa shape index (κ2) is 9.13. The lowest BCUT2D eigenvalue weighted by atomic mass is 10.1. The molecule has 0 spiro atoms. The average Bonchev–Trinajstić information content (AvgIpc) is 3.44. The van der Waals surface area contributed by atoms with E-state index < -0.39 is 0 Å². The van der Waals surface area contributed by atoms with E-state index in [1.807, 2.05) is 11.8 Å². The summed E-state index contributed by atoms with van der Waals surface area (Å²) in [6.07, 6.45) is 2.24. The van der Waals surface area contributed by atoms with Gasteiger partial charge in [-0.05, 0) is 30.7 Å². The van der Waals surface area contributed by atoms with Crippen LogP contribution >= 0.6 is 0 Å². The Balaban J connectivity index is 1.74. The van der Waals surface area contributed by atoms with Gasteiger partial charge >= 0.3 is 0 Å². The Morgan fingerprint density at radius 3 is 2.70 bits per heavy atom. The molecule has 0 bridgehead atoms. The molecule has 0 unspecified atom stereocenters. The molecule has 2 aromatic heterocycles. The van der Waals surface area contributed by atoms with Crippen molar-refractivity contribution in [3.63, 3.8) is 0 Å². The van der Waals surface area contributed by atoms with Crippen molar-refractivity contribution in [1.82, 2.24) is 10.1 Å². The number of anilines is 1. The van der Waals surface area contributed by atoms with Crippen molar-refractivity contribution >= 4 is 11.8 Å². The van der Waals surface area contributed by atoms with Crippen molar-refractivity contribution in [3.8, 4) is 11.3 Å². The van der Waals surface area contributed by atoms with Crippen LogP contribution in [0.5, 0.6) is 0 Å². The second-order valence-corrected chi connectivity index (χ2v) is 7.10. The molecule has 0 radical (unpaired) electrons. The first kappa shape index (κ1) is 20.2. The fourth-order valence-corrected chi connectivity index (χ4v) is 3.59. The van der Waals surface area contributed by atoms with Crippen LogP contribution in [0.25, 0.3) is 11.3 Å². The zero-order chi connectivity index (χ0) is 20.9. The van der Waals surface area contributed by atoms with Gasteiger partial charge < -0.3 is 23.5 Å². The average molecular weight is 413 g/mol. The number of hydrogen-bond donors (Lipinski definition) is 0. The fraction of sp³-hybridized carbons (Fsp3) is 0.364. The summed E-state index contributed by atoms with van der Waals surface area (Å²) >= 11 is 0. The number of morpholine rings is 1. The zero-order valence-electron chi connectivity index (χ0n) is 16.8. The molecule has 1 aliphatic rings. The number of amides is 1. The van der Waals surface area contributed by atoms with Gasteiger partial charge in [-0.25, -0.2) is 4.39 Å². The molecule has 0 saturated carbocycles. The number of rotatable bonds is 7. The topological polar surface area (TPSA) is 72.0 Å². The van der Waals surface area contributed by atoms with Gasteiger partial charge in [-0.3, -0.25) is 4.79 Å². The number of hydrogen-bond acceptors (Lipinski definition) is 6. The maximum Gasteiger partial charge on any atom is 0.289 e. The molecule has 0 atom stereocenters. The highest BCUT2D eigenvalue weighted by Crippen LogP contribution is 2.34. The normalized spacial score (nSPS) is 14.1. The Kier molecular flexibility index (Phi) is 6.13. The lowest BCUT2D eigenvalue weighted by Gasteiger charge is -2.28. The zero-order valence-corrected chi connectivity index (χ0v) is 16.8. The number of carbonyl (C=O) groups excluding carboxylic acids is 1. The molecule has 30 heavy (non-hydrogen) atoms. The summed E-state index contributed by atoms with van der Waals surface area (Å²) in [6.45, 7) is 5.16. The molecule has 1 saturated heterocycles. The van der Waals surface area contributed by atoms with E-state index in [9.17, 15) is 9.18 Å². The molecular weight excluding hydrogens is 389 g/mol. The summed E-state index contributed by atoms with van der Waals surface area (Å²) in [5, 5.41) is 4.20. The van der Waals surface area contributed by atoms with Crippen molar-refractivity contribution in [2.45, 2.75) is 19.9 Å². The van der Waals surface area contributed by atoms with E-state index in [0.717, 1.165) is 6.42 Å². The molecule has 1 fully saturated rings. The van der Waals surface area contributed by atoms with Crippen LogP contribution in [0.2, 0.25) is 0 Å². The largest absolute Gasteiger partial charge is 0.459 e. The first-order valence-corrected chi connectivity index (χ1v) is 10.1.